The molecule has 0 saturated heterocycles. The summed E-state index contributed by atoms with van der Waals surface area (Å²) < 4.78 is 0. The van der Waals surface area contributed by atoms with Gasteiger partial charge in [-0.25, -0.2) is 0 Å². The van der Waals surface area contributed by atoms with Gasteiger partial charge < -0.3 is 0 Å². The van der Waals surface area contributed by atoms with Crippen molar-refractivity contribution in [3.8, 4) is 0 Å². The van der Waals surface area contributed by atoms with Gasteiger partial charge in [-0.2, -0.15) is 0 Å². The van der Waals surface area contributed by atoms with E-state index in [0.717, 1.165) is 0 Å². The molecule has 0 radical (unpaired) electrons. The molecular formula is C19H18BrCl2PZn. The van der Waals surface area contributed by atoms with Crippen molar-refractivity contribution in [2.45, 2.75) is 0 Å². The quantitative estimate of drug-likeness (QED) is 0.318. The third kappa shape index (κ3) is 5.38. The normalized spacial score (nSPS) is 10.5. The van der Waals surface area contributed by atoms with E-state index in [9.17, 15) is 0 Å². The molecule has 3 aromatic carbocycles. The molecule has 0 atom stereocenters. The summed E-state index contributed by atoms with van der Waals surface area (Å²) in [6, 6.07) is 32.6. The average molecular weight is 494 g/mol. The number of hydrogen-bond acceptors (Lipinski definition) is 0. The van der Waals surface area contributed by atoms with Gasteiger partial charge in [-0.15, -0.1) is 0 Å². The predicted octanol–water partition coefficient (Wildman–Crippen LogP) is 5.83. The Morgan fingerprint density at radius 1 is 0.625 bits per heavy atom. The number of halogens is 3. The molecule has 0 amide bonds. The van der Waals surface area contributed by atoms with E-state index in [4.69, 9.17) is 19.4 Å². The SMILES string of the molecule is C[P+](c1ccccc1)(c1ccccc1)c1ccccc1.[Cl][Zn-]([Cl])[Br]. The average Bonchev–Trinajstić information content (AvgIpc) is 2.63. The zero-order valence-electron chi connectivity index (χ0n) is 13.4. The molecule has 0 bridgehead atoms. The fourth-order valence-electron chi connectivity index (χ4n) is 2.63. The first kappa shape index (κ1) is 20.1. The summed E-state index contributed by atoms with van der Waals surface area (Å²) in [6.45, 7) is 2.41. The topological polar surface area (TPSA) is 0 Å². The standard InChI is InChI=1S/C19H18P.BrH.2ClH.Zn/c1-20(17-11-5-2-6-12-17,18-13-7-3-8-14-18)19-15-9-4-10-16-19;;;;/h2-16H,1H3;3*1H;/q+1;;;;+2/p-3. The fourth-order valence-corrected chi connectivity index (χ4v) is 5.83. The van der Waals surface area contributed by atoms with Crippen molar-refractivity contribution < 1.29 is 12.0 Å². The molecule has 0 aliphatic heterocycles. The van der Waals surface area contributed by atoms with Crippen LogP contribution in [0.3, 0.4) is 0 Å². The summed E-state index contributed by atoms with van der Waals surface area (Å²) in [4.78, 5) is 0. The van der Waals surface area contributed by atoms with Crippen molar-refractivity contribution in [1.82, 2.24) is 0 Å². The molecule has 0 unspecified atom stereocenters. The summed E-state index contributed by atoms with van der Waals surface area (Å²) in [5.74, 6) is 0. The Bertz CT molecular complexity index is 625. The Hall–Kier alpha value is -0.227. The third-order valence-electron chi connectivity index (χ3n) is 3.82. The van der Waals surface area contributed by atoms with Crippen molar-refractivity contribution in [3.05, 3.63) is 91.0 Å². The minimum atomic E-state index is -1.87. The van der Waals surface area contributed by atoms with Crippen LogP contribution in [0.1, 0.15) is 0 Å². The molecule has 0 aromatic heterocycles. The van der Waals surface area contributed by atoms with Gasteiger partial charge in [0.05, 0.1) is 6.66 Å². The molecule has 0 spiro atoms. The van der Waals surface area contributed by atoms with Crippen LogP contribution in [0.4, 0.5) is 0 Å². The summed E-state index contributed by atoms with van der Waals surface area (Å²) in [5.41, 5.74) is 0. The molecule has 3 rings (SSSR count). The van der Waals surface area contributed by atoms with Crippen LogP contribution in [0.2, 0.25) is 0 Å². The molecule has 122 valence electrons. The van der Waals surface area contributed by atoms with E-state index in [0.29, 0.717) is 0 Å². The van der Waals surface area contributed by atoms with Gasteiger partial charge >= 0.3 is 45.0 Å². The van der Waals surface area contributed by atoms with E-state index in [2.05, 4.69) is 111 Å². The fraction of sp³-hybridized carbons (Fsp3) is 0.0526. The van der Waals surface area contributed by atoms with Crippen molar-refractivity contribution in [2.75, 3.05) is 6.66 Å². The van der Waals surface area contributed by atoms with Crippen LogP contribution in [0.15, 0.2) is 91.0 Å². The molecular weight excluding hydrogens is 475 g/mol. The van der Waals surface area contributed by atoms with Crippen LogP contribution in [-0.4, -0.2) is 6.66 Å². The third-order valence-corrected chi connectivity index (χ3v) is 7.81. The van der Waals surface area contributed by atoms with E-state index in [1.54, 1.807) is 0 Å². The van der Waals surface area contributed by atoms with Crippen LogP contribution < -0.4 is 15.9 Å². The molecule has 0 aliphatic carbocycles. The molecule has 5 heteroatoms. The van der Waals surface area contributed by atoms with Crippen LogP contribution >= 0.6 is 40.3 Å². The Labute approximate surface area is 164 Å². The van der Waals surface area contributed by atoms with Gasteiger partial charge in [0, 0.05) is 0 Å². The molecule has 0 N–H and O–H groups in total. The Kier molecular flexibility index (Phi) is 8.41. The van der Waals surface area contributed by atoms with Gasteiger partial charge in [-0.05, 0) is 36.4 Å². The predicted molar refractivity (Wildman–Crippen MR) is 112 cm³/mol. The zero-order valence-corrected chi connectivity index (χ0v) is 20.4. The number of benzene rings is 3. The second-order valence-corrected chi connectivity index (χ2v) is 29.7. The molecule has 3 aromatic rings. The monoisotopic (exact) mass is 490 g/mol. The maximum absolute atomic E-state index is 5.17. The van der Waals surface area contributed by atoms with Crippen LogP contribution in [0, 0.1) is 0 Å². The zero-order chi connectivity index (χ0) is 17.4. The second-order valence-electron chi connectivity index (χ2n) is 5.32. The Balaban J connectivity index is 0.000000471. The van der Waals surface area contributed by atoms with E-state index < -0.39 is 19.3 Å². The summed E-state index contributed by atoms with van der Waals surface area (Å²) in [5, 5.41) is 4.28. The Morgan fingerprint density at radius 2 is 0.833 bits per heavy atom. The minimum absolute atomic E-state index is 1.43. The first-order valence-electron chi connectivity index (χ1n) is 7.65. The summed E-state index contributed by atoms with van der Waals surface area (Å²) in [6.07, 6.45) is 0. The van der Waals surface area contributed by atoms with Gasteiger partial charge in [0.15, 0.2) is 0 Å². The second kappa shape index (κ2) is 10.1. The molecule has 0 aliphatic rings. The molecule has 24 heavy (non-hydrogen) atoms. The van der Waals surface area contributed by atoms with Crippen molar-refractivity contribution in [1.29, 1.82) is 0 Å². The van der Waals surface area contributed by atoms with Gasteiger partial charge in [0.1, 0.15) is 23.2 Å². The van der Waals surface area contributed by atoms with E-state index >= 15 is 0 Å². The van der Waals surface area contributed by atoms with Gasteiger partial charge in [0.25, 0.3) is 0 Å². The number of rotatable bonds is 3. The first-order chi connectivity index (χ1) is 11.5. The molecule has 0 fully saturated rings. The van der Waals surface area contributed by atoms with Crippen molar-refractivity contribution >= 4 is 56.2 Å². The van der Waals surface area contributed by atoms with Gasteiger partial charge in [-0.1, -0.05) is 54.6 Å². The first-order valence-corrected chi connectivity index (χ1v) is 24.6. The van der Waals surface area contributed by atoms with Crippen LogP contribution in [0.5, 0.6) is 0 Å². The van der Waals surface area contributed by atoms with E-state index in [1.807, 2.05) is 0 Å². The van der Waals surface area contributed by atoms with Gasteiger partial charge in [-0.3, -0.25) is 0 Å². The van der Waals surface area contributed by atoms with Crippen molar-refractivity contribution in [3.63, 3.8) is 0 Å². The maximum atomic E-state index is 5.17. The van der Waals surface area contributed by atoms with Crippen LogP contribution in [-0.2, 0) is 12.0 Å². The van der Waals surface area contributed by atoms with E-state index in [1.165, 1.54) is 15.9 Å². The molecule has 0 saturated carbocycles. The summed E-state index contributed by atoms with van der Waals surface area (Å²) >= 11 is 1.14. The molecule has 0 heterocycles. The van der Waals surface area contributed by atoms with E-state index in [-0.39, 0.29) is 0 Å². The van der Waals surface area contributed by atoms with Crippen molar-refractivity contribution in [2.24, 2.45) is 0 Å². The Morgan fingerprint density at radius 3 is 1.04 bits per heavy atom. The molecule has 0 nitrogen and oxygen atoms in total. The summed E-state index contributed by atoms with van der Waals surface area (Å²) in [7, 11) is 8.80. The number of hydrogen-bond donors (Lipinski definition) is 0. The van der Waals surface area contributed by atoms with Gasteiger partial charge in [0.2, 0.25) is 0 Å². The van der Waals surface area contributed by atoms with Crippen LogP contribution in [0.25, 0.3) is 0 Å².